The van der Waals surface area contributed by atoms with Crippen molar-refractivity contribution in [1.82, 2.24) is 15.5 Å². The molecule has 1 heterocycles. The molecule has 4 rings (SSSR count). The molecule has 2 fully saturated rings. The predicted octanol–water partition coefficient (Wildman–Crippen LogP) is 4.45. The molecule has 0 saturated heterocycles. The number of aromatic nitrogens is 2. The molecule has 2 saturated carbocycles. The van der Waals surface area contributed by atoms with Crippen LogP contribution in [0.5, 0.6) is 0 Å². The van der Waals surface area contributed by atoms with E-state index in [0.717, 1.165) is 11.8 Å². The van der Waals surface area contributed by atoms with Crippen molar-refractivity contribution in [2.45, 2.75) is 43.0 Å². The Labute approximate surface area is 166 Å². The number of hydrogen-bond donors (Lipinski definition) is 2. The Hall–Kier alpha value is -1.67. The van der Waals surface area contributed by atoms with Crippen LogP contribution in [-0.2, 0) is 4.79 Å². The smallest absolute Gasteiger partial charge is 0.230 e. The Bertz CT molecular complexity index is 815. The molecule has 0 aliphatic heterocycles. The minimum Gasteiger partial charge on any atom is -0.353 e. The van der Waals surface area contributed by atoms with Crippen LogP contribution in [0, 0.1) is 23.6 Å². The fraction of sp³-hybridized carbons (Fsp3) is 0.526. The molecule has 8 heteroatoms. The molecule has 2 aromatic rings. The zero-order valence-corrected chi connectivity index (χ0v) is 16.8. The summed E-state index contributed by atoms with van der Waals surface area (Å²) in [5.41, 5.74) is 0.364. The van der Waals surface area contributed by atoms with E-state index < -0.39 is 0 Å². The zero-order valence-electron chi connectivity index (χ0n) is 15.2. The van der Waals surface area contributed by atoms with Crippen molar-refractivity contribution < 1.29 is 9.18 Å². The Balaban J connectivity index is 1.25. The highest BCUT2D eigenvalue weighted by molar-refractivity contribution is 8.01. The number of rotatable bonds is 7. The van der Waals surface area contributed by atoms with Crippen molar-refractivity contribution in [3.63, 3.8) is 0 Å². The summed E-state index contributed by atoms with van der Waals surface area (Å²) in [5.74, 6) is 2.34. The molecule has 2 N–H and O–H groups in total. The number of hydrogen-bond acceptors (Lipinski definition) is 6. The van der Waals surface area contributed by atoms with Gasteiger partial charge in [0.05, 0.1) is 11.4 Å². The second-order valence-electron chi connectivity index (χ2n) is 7.46. The van der Waals surface area contributed by atoms with Crippen LogP contribution in [0.4, 0.5) is 15.2 Å². The van der Waals surface area contributed by atoms with Crippen LogP contribution < -0.4 is 10.6 Å². The molecule has 2 bridgehead atoms. The summed E-state index contributed by atoms with van der Waals surface area (Å²) in [7, 11) is 0. The molecule has 1 amide bonds. The van der Waals surface area contributed by atoms with Gasteiger partial charge in [0.1, 0.15) is 5.82 Å². The third kappa shape index (κ3) is 4.43. The van der Waals surface area contributed by atoms with E-state index in [4.69, 9.17) is 0 Å². The van der Waals surface area contributed by atoms with E-state index in [0.29, 0.717) is 26.8 Å². The molecule has 144 valence electrons. The Morgan fingerprint density at radius 2 is 2.19 bits per heavy atom. The summed E-state index contributed by atoms with van der Waals surface area (Å²) >= 11 is 2.68. The SMILES string of the molecule is C[C@@H](NC(=O)CSc1nnc(Nc2ccccc2F)s1)[C@@H]1C[C@H]2CC[C@H]1C2. The van der Waals surface area contributed by atoms with E-state index in [-0.39, 0.29) is 17.8 Å². The number of para-hydroxylation sites is 1. The van der Waals surface area contributed by atoms with Gasteiger partial charge < -0.3 is 10.6 Å². The molecule has 0 unspecified atom stereocenters. The first-order valence-corrected chi connectivity index (χ1v) is 11.2. The summed E-state index contributed by atoms with van der Waals surface area (Å²) in [5, 5.41) is 14.7. The number of nitrogens with one attached hydrogen (secondary N) is 2. The third-order valence-corrected chi connectivity index (χ3v) is 7.64. The fourth-order valence-corrected chi connectivity index (χ4v) is 6.01. The van der Waals surface area contributed by atoms with Gasteiger partial charge in [-0.1, -0.05) is 41.7 Å². The molecule has 2 aliphatic rings. The number of carbonyl (C=O) groups is 1. The van der Waals surface area contributed by atoms with Crippen molar-refractivity contribution in [1.29, 1.82) is 0 Å². The first-order chi connectivity index (χ1) is 13.1. The summed E-state index contributed by atoms with van der Waals surface area (Å²) in [4.78, 5) is 12.3. The fourth-order valence-electron chi connectivity index (χ4n) is 4.43. The van der Waals surface area contributed by atoms with E-state index in [9.17, 15) is 9.18 Å². The lowest BCUT2D eigenvalue weighted by Gasteiger charge is -2.28. The van der Waals surface area contributed by atoms with Gasteiger partial charge in [0.2, 0.25) is 11.0 Å². The molecule has 27 heavy (non-hydrogen) atoms. The maximum atomic E-state index is 13.7. The predicted molar refractivity (Wildman–Crippen MR) is 107 cm³/mol. The summed E-state index contributed by atoms with van der Waals surface area (Å²) in [6.07, 6.45) is 5.31. The minimum absolute atomic E-state index is 0.0362. The van der Waals surface area contributed by atoms with Gasteiger partial charge in [0.15, 0.2) is 4.34 Å². The summed E-state index contributed by atoms with van der Waals surface area (Å²) in [6, 6.07) is 6.66. The van der Waals surface area contributed by atoms with Crippen LogP contribution in [0.2, 0.25) is 0 Å². The van der Waals surface area contributed by atoms with Gasteiger partial charge in [0, 0.05) is 6.04 Å². The molecule has 4 atom stereocenters. The van der Waals surface area contributed by atoms with Crippen molar-refractivity contribution in [3.8, 4) is 0 Å². The number of fused-ring (bicyclic) bond motifs is 2. The second-order valence-corrected chi connectivity index (χ2v) is 9.66. The Kier molecular flexibility index (Phi) is 5.63. The number of carbonyl (C=O) groups excluding carboxylic acids is 1. The lowest BCUT2D eigenvalue weighted by molar-refractivity contribution is -0.119. The number of halogens is 1. The maximum Gasteiger partial charge on any atom is 0.230 e. The monoisotopic (exact) mass is 406 g/mol. The van der Waals surface area contributed by atoms with Crippen molar-refractivity contribution in [3.05, 3.63) is 30.1 Å². The van der Waals surface area contributed by atoms with Gasteiger partial charge in [-0.15, -0.1) is 10.2 Å². The minimum atomic E-state index is -0.337. The number of benzene rings is 1. The average molecular weight is 407 g/mol. The first kappa shape index (κ1) is 18.7. The largest absolute Gasteiger partial charge is 0.353 e. The molecule has 1 aromatic carbocycles. The number of anilines is 2. The number of nitrogens with zero attached hydrogens (tertiary/aromatic N) is 2. The summed E-state index contributed by atoms with van der Waals surface area (Å²) < 4.78 is 14.4. The normalized spacial score (nSPS) is 24.7. The van der Waals surface area contributed by atoms with Gasteiger partial charge in [-0.25, -0.2) is 4.39 Å². The van der Waals surface area contributed by atoms with E-state index in [1.165, 1.54) is 54.8 Å². The number of amides is 1. The van der Waals surface area contributed by atoms with E-state index >= 15 is 0 Å². The summed E-state index contributed by atoms with van der Waals surface area (Å²) in [6.45, 7) is 2.13. The maximum absolute atomic E-state index is 13.7. The van der Waals surface area contributed by atoms with Gasteiger partial charge in [-0.05, 0) is 56.1 Å². The molecule has 0 spiro atoms. The molecular weight excluding hydrogens is 383 g/mol. The van der Waals surface area contributed by atoms with Gasteiger partial charge >= 0.3 is 0 Å². The van der Waals surface area contributed by atoms with Crippen LogP contribution in [0.15, 0.2) is 28.6 Å². The van der Waals surface area contributed by atoms with Crippen LogP contribution in [-0.4, -0.2) is 27.9 Å². The average Bonchev–Trinajstić information content (AvgIpc) is 3.39. The molecule has 1 aromatic heterocycles. The van der Waals surface area contributed by atoms with Crippen molar-refractivity contribution >= 4 is 39.8 Å². The van der Waals surface area contributed by atoms with E-state index in [2.05, 4.69) is 27.8 Å². The second kappa shape index (κ2) is 8.14. The van der Waals surface area contributed by atoms with Crippen LogP contribution in [0.25, 0.3) is 0 Å². The van der Waals surface area contributed by atoms with Crippen molar-refractivity contribution in [2.24, 2.45) is 17.8 Å². The Morgan fingerprint density at radius 3 is 2.93 bits per heavy atom. The third-order valence-electron chi connectivity index (χ3n) is 5.67. The van der Waals surface area contributed by atoms with Gasteiger partial charge in [0.25, 0.3) is 0 Å². The van der Waals surface area contributed by atoms with Gasteiger partial charge in [-0.3, -0.25) is 4.79 Å². The lowest BCUT2D eigenvalue weighted by atomic mass is 9.84. The van der Waals surface area contributed by atoms with Crippen LogP contribution >= 0.6 is 23.1 Å². The highest BCUT2D eigenvalue weighted by Gasteiger charge is 2.42. The zero-order chi connectivity index (χ0) is 18.8. The Morgan fingerprint density at radius 1 is 1.33 bits per heavy atom. The molecule has 5 nitrogen and oxygen atoms in total. The van der Waals surface area contributed by atoms with Crippen LogP contribution in [0.3, 0.4) is 0 Å². The standard InChI is InChI=1S/C19H23FN4OS2/c1-11(14-9-12-6-7-13(14)8-12)21-17(25)10-26-19-24-23-18(27-19)22-16-5-3-2-4-15(16)20/h2-5,11-14H,6-10H2,1H3,(H,21,25)(H,22,23)/t11-,12+,13+,14+/m1/s1. The quantitative estimate of drug-likeness (QED) is 0.665. The molecule has 2 aliphatic carbocycles. The molecular formula is C19H23FN4OS2. The molecule has 0 radical (unpaired) electrons. The van der Waals surface area contributed by atoms with E-state index in [1.54, 1.807) is 18.2 Å². The van der Waals surface area contributed by atoms with E-state index in [1.807, 2.05) is 0 Å². The first-order valence-electron chi connectivity index (χ1n) is 9.35. The van der Waals surface area contributed by atoms with Crippen molar-refractivity contribution in [2.75, 3.05) is 11.1 Å². The van der Waals surface area contributed by atoms with Gasteiger partial charge in [-0.2, -0.15) is 0 Å². The number of thioether (sulfide) groups is 1. The topological polar surface area (TPSA) is 66.9 Å². The highest BCUT2D eigenvalue weighted by atomic mass is 32.2. The van der Waals surface area contributed by atoms with Crippen LogP contribution in [0.1, 0.15) is 32.6 Å². The lowest BCUT2D eigenvalue weighted by Crippen LogP contribution is -2.40. The highest BCUT2D eigenvalue weighted by Crippen LogP contribution is 2.49.